The van der Waals surface area contributed by atoms with E-state index < -0.39 is 0 Å². The van der Waals surface area contributed by atoms with Crippen LogP contribution in [0.15, 0.2) is 11.4 Å². The third-order valence-corrected chi connectivity index (χ3v) is 2.93. The number of ether oxygens (including phenoxy) is 1. The van der Waals surface area contributed by atoms with Gasteiger partial charge in [-0.2, -0.15) is 0 Å². The van der Waals surface area contributed by atoms with Crippen molar-refractivity contribution in [2.24, 2.45) is 0 Å². The highest BCUT2D eigenvalue weighted by molar-refractivity contribution is 7.12. The molecule has 0 radical (unpaired) electrons. The van der Waals surface area contributed by atoms with Crippen molar-refractivity contribution in [2.75, 3.05) is 20.3 Å². The van der Waals surface area contributed by atoms with Crippen molar-refractivity contribution in [2.45, 2.75) is 6.42 Å². The highest BCUT2D eigenvalue weighted by atomic mass is 32.1. The summed E-state index contributed by atoms with van der Waals surface area (Å²) in [7, 11) is 1.30. The summed E-state index contributed by atoms with van der Waals surface area (Å²) in [6, 6.07) is 1.71. The fourth-order valence-electron chi connectivity index (χ4n) is 1.18. The van der Waals surface area contributed by atoms with E-state index in [0.717, 1.165) is 0 Å². The van der Waals surface area contributed by atoms with E-state index in [9.17, 15) is 9.59 Å². The first-order chi connectivity index (χ1) is 8.69. The molecule has 0 aliphatic carbocycles. The summed E-state index contributed by atoms with van der Waals surface area (Å²) in [5.41, 5.74) is 0.574. The van der Waals surface area contributed by atoms with Crippen LogP contribution in [0.4, 0.5) is 0 Å². The molecule has 2 N–H and O–H groups in total. The second-order valence-electron chi connectivity index (χ2n) is 3.21. The van der Waals surface area contributed by atoms with Gasteiger partial charge in [0.1, 0.15) is 11.5 Å². The van der Waals surface area contributed by atoms with Crippen LogP contribution in [-0.4, -0.2) is 37.2 Å². The van der Waals surface area contributed by atoms with Crippen molar-refractivity contribution in [1.29, 1.82) is 0 Å². The molecule has 0 saturated carbocycles. The number of rotatable bonds is 4. The lowest BCUT2D eigenvalue weighted by Gasteiger charge is -2.03. The summed E-state index contributed by atoms with van der Waals surface area (Å²) < 4.78 is 4.46. The molecular weight excluding hydrogens is 254 g/mol. The van der Waals surface area contributed by atoms with Crippen molar-refractivity contribution in [3.8, 4) is 11.8 Å². The topological polar surface area (TPSA) is 75.6 Å². The lowest BCUT2D eigenvalue weighted by Crippen LogP contribution is -2.26. The van der Waals surface area contributed by atoms with Gasteiger partial charge in [0.25, 0.3) is 5.91 Å². The van der Waals surface area contributed by atoms with Crippen molar-refractivity contribution in [3.63, 3.8) is 0 Å². The van der Waals surface area contributed by atoms with Crippen LogP contribution < -0.4 is 5.32 Å². The molecule has 0 aliphatic rings. The zero-order valence-electron chi connectivity index (χ0n) is 9.86. The molecular formula is C12H13NO4S. The van der Waals surface area contributed by atoms with Gasteiger partial charge in [0.2, 0.25) is 0 Å². The Labute approximate surface area is 109 Å². The Morgan fingerprint density at radius 3 is 3.00 bits per heavy atom. The minimum Gasteiger partial charge on any atom is -0.469 e. The summed E-state index contributed by atoms with van der Waals surface area (Å²) in [6.45, 7) is -0.0322. The molecule has 1 aromatic heterocycles. The zero-order valence-corrected chi connectivity index (χ0v) is 10.7. The Morgan fingerprint density at radius 2 is 2.33 bits per heavy atom. The highest BCUT2D eigenvalue weighted by Crippen LogP contribution is 2.15. The minimum atomic E-state index is -0.373. The van der Waals surface area contributed by atoms with Gasteiger partial charge in [0.15, 0.2) is 0 Å². The van der Waals surface area contributed by atoms with Crippen molar-refractivity contribution in [1.82, 2.24) is 5.32 Å². The lowest BCUT2D eigenvalue weighted by molar-refractivity contribution is -0.140. The summed E-state index contributed by atoms with van der Waals surface area (Å²) in [6.07, 6.45) is 0.130. The number of methoxy groups -OCH3 is 1. The van der Waals surface area contributed by atoms with Crippen LogP contribution >= 0.6 is 11.3 Å². The Bertz CT molecular complexity index is 484. The minimum absolute atomic E-state index is 0.130. The van der Waals surface area contributed by atoms with Crippen LogP contribution in [0.5, 0.6) is 0 Å². The largest absolute Gasteiger partial charge is 0.469 e. The van der Waals surface area contributed by atoms with Gasteiger partial charge in [0.05, 0.1) is 13.5 Å². The number of amides is 1. The quantitative estimate of drug-likeness (QED) is 0.611. The normalized spacial score (nSPS) is 9.22. The molecule has 0 atom stereocenters. The third-order valence-electron chi connectivity index (χ3n) is 2.02. The number of aliphatic hydroxyl groups is 1. The van der Waals surface area contributed by atoms with Crippen molar-refractivity contribution < 1.29 is 19.4 Å². The molecule has 0 fully saturated rings. The number of esters is 1. The summed E-state index contributed by atoms with van der Waals surface area (Å²) in [4.78, 5) is 23.1. The van der Waals surface area contributed by atoms with Crippen LogP contribution in [-0.2, 0) is 9.53 Å². The molecule has 0 saturated heterocycles. The SMILES string of the molecule is COC(=O)CCNC(=O)c1sccc1C#CCO. The molecule has 0 bridgehead atoms. The molecule has 1 aromatic rings. The monoisotopic (exact) mass is 267 g/mol. The fourth-order valence-corrected chi connectivity index (χ4v) is 1.94. The Morgan fingerprint density at radius 1 is 1.56 bits per heavy atom. The highest BCUT2D eigenvalue weighted by Gasteiger charge is 2.11. The third kappa shape index (κ3) is 4.20. The second kappa shape index (κ2) is 7.48. The van der Waals surface area contributed by atoms with E-state index in [0.29, 0.717) is 10.4 Å². The molecule has 1 amide bonds. The van der Waals surface area contributed by atoms with Crippen LogP contribution in [0.3, 0.4) is 0 Å². The van der Waals surface area contributed by atoms with E-state index in [1.165, 1.54) is 18.4 Å². The standard InChI is InChI=1S/C12H13NO4S/c1-17-10(15)4-6-13-12(16)11-9(3-2-7-14)5-8-18-11/h5,8,14H,4,6-7H2,1H3,(H,13,16). The molecule has 0 aliphatic heterocycles. The fraction of sp³-hybridized carbons (Fsp3) is 0.333. The van der Waals surface area contributed by atoms with Gasteiger partial charge in [-0.15, -0.1) is 11.3 Å². The smallest absolute Gasteiger partial charge is 0.307 e. The maximum Gasteiger partial charge on any atom is 0.307 e. The molecule has 6 heteroatoms. The number of hydrogen-bond donors (Lipinski definition) is 2. The zero-order chi connectivity index (χ0) is 13.4. The molecule has 18 heavy (non-hydrogen) atoms. The molecule has 0 aromatic carbocycles. The number of hydrogen-bond acceptors (Lipinski definition) is 5. The Balaban J connectivity index is 2.56. The van der Waals surface area contributed by atoms with E-state index in [1.807, 2.05) is 0 Å². The molecule has 0 spiro atoms. The molecule has 96 valence electrons. The van der Waals surface area contributed by atoms with Gasteiger partial charge in [-0.25, -0.2) is 0 Å². The predicted molar refractivity (Wildman–Crippen MR) is 67.2 cm³/mol. The first-order valence-electron chi connectivity index (χ1n) is 5.21. The van der Waals surface area contributed by atoms with Crippen LogP contribution in [0.1, 0.15) is 21.7 Å². The van der Waals surface area contributed by atoms with E-state index in [4.69, 9.17) is 5.11 Å². The van der Waals surface area contributed by atoms with Gasteiger partial charge in [0, 0.05) is 12.1 Å². The first kappa shape index (κ1) is 14.2. The summed E-state index contributed by atoms with van der Waals surface area (Å²) >= 11 is 1.26. The van der Waals surface area contributed by atoms with Gasteiger partial charge in [-0.3, -0.25) is 9.59 Å². The van der Waals surface area contributed by atoms with Gasteiger partial charge in [-0.05, 0) is 11.4 Å². The van der Waals surface area contributed by atoms with Crippen LogP contribution in [0, 0.1) is 11.8 Å². The molecule has 1 rings (SSSR count). The summed E-state index contributed by atoms with van der Waals surface area (Å²) in [5, 5.41) is 13.0. The first-order valence-corrected chi connectivity index (χ1v) is 6.09. The lowest BCUT2D eigenvalue weighted by atomic mass is 10.2. The molecule has 5 nitrogen and oxygen atoms in total. The Hall–Kier alpha value is -1.84. The number of nitrogens with one attached hydrogen (secondary N) is 1. The van der Waals surface area contributed by atoms with E-state index in [1.54, 1.807) is 11.4 Å². The van der Waals surface area contributed by atoms with Gasteiger partial charge >= 0.3 is 5.97 Å². The maximum absolute atomic E-state index is 11.8. The van der Waals surface area contributed by atoms with E-state index in [2.05, 4.69) is 21.9 Å². The molecule has 0 unspecified atom stereocenters. The average molecular weight is 267 g/mol. The van der Waals surface area contributed by atoms with Crippen molar-refractivity contribution >= 4 is 23.2 Å². The second-order valence-corrected chi connectivity index (χ2v) is 4.12. The maximum atomic E-state index is 11.8. The molecule has 1 heterocycles. The van der Waals surface area contributed by atoms with E-state index >= 15 is 0 Å². The predicted octanol–water partition coefficient (Wildman–Crippen LogP) is 0.385. The Kier molecular flexibility index (Phi) is 5.91. The average Bonchev–Trinajstić information content (AvgIpc) is 2.84. The van der Waals surface area contributed by atoms with Gasteiger partial charge < -0.3 is 15.2 Å². The van der Waals surface area contributed by atoms with Gasteiger partial charge in [-0.1, -0.05) is 11.8 Å². The van der Waals surface area contributed by atoms with E-state index in [-0.39, 0.29) is 31.4 Å². The number of thiophene rings is 1. The number of aliphatic hydroxyl groups excluding tert-OH is 1. The van der Waals surface area contributed by atoms with Crippen LogP contribution in [0.25, 0.3) is 0 Å². The number of carbonyl (C=O) groups is 2. The number of carbonyl (C=O) groups excluding carboxylic acids is 2. The summed E-state index contributed by atoms with van der Waals surface area (Å²) in [5.74, 6) is 4.52. The van der Waals surface area contributed by atoms with Crippen LogP contribution in [0.2, 0.25) is 0 Å². The van der Waals surface area contributed by atoms with Crippen molar-refractivity contribution in [3.05, 3.63) is 21.9 Å².